The van der Waals surface area contributed by atoms with E-state index in [4.69, 9.17) is 14.2 Å². The van der Waals surface area contributed by atoms with Crippen LogP contribution < -0.4 is 25.1 Å². The number of benzene rings is 2. The van der Waals surface area contributed by atoms with Gasteiger partial charge in [0.1, 0.15) is 0 Å². The van der Waals surface area contributed by atoms with E-state index in [0.29, 0.717) is 17.2 Å². The minimum absolute atomic E-state index is 0.242. The summed E-state index contributed by atoms with van der Waals surface area (Å²) in [6, 6.07) is 12.3. The first-order valence-corrected chi connectivity index (χ1v) is 7.72. The SMILES string of the molecule is COc1cc(C(=O)NNC(=O)/C=C/c2ccccc2)cc(OC)c1OC. The van der Waals surface area contributed by atoms with Crippen molar-refractivity contribution in [1.82, 2.24) is 10.9 Å². The van der Waals surface area contributed by atoms with Gasteiger partial charge in [0.05, 0.1) is 21.3 Å². The van der Waals surface area contributed by atoms with E-state index in [1.807, 2.05) is 30.3 Å². The highest BCUT2D eigenvalue weighted by Crippen LogP contribution is 2.38. The van der Waals surface area contributed by atoms with Gasteiger partial charge >= 0.3 is 0 Å². The first-order chi connectivity index (χ1) is 12.6. The summed E-state index contributed by atoms with van der Waals surface area (Å²) in [6.45, 7) is 0. The van der Waals surface area contributed by atoms with Crippen LogP contribution in [-0.2, 0) is 4.79 Å². The van der Waals surface area contributed by atoms with Gasteiger partial charge in [-0.15, -0.1) is 0 Å². The molecule has 7 heteroatoms. The molecule has 0 saturated heterocycles. The normalized spacial score (nSPS) is 10.3. The number of hydrazine groups is 1. The maximum absolute atomic E-state index is 12.3. The predicted molar refractivity (Wildman–Crippen MR) is 97.2 cm³/mol. The second-order valence-electron chi connectivity index (χ2n) is 5.10. The second kappa shape index (κ2) is 9.12. The lowest BCUT2D eigenvalue weighted by Gasteiger charge is -2.14. The number of hydrogen-bond donors (Lipinski definition) is 2. The minimum atomic E-state index is -0.522. The molecular formula is C19H20N2O5. The number of nitrogens with one attached hydrogen (secondary N) is 2. The summed E-state index contributed by atoms with van der Waals surface area (Å²) in [6.07, 6.45) is 2.96. The van der Waals surface area contributed by atoms with Crippen molar-refractivity contribution in [3.63, 3.8) is 0 Å². The molecule has 0 bridgehead atoms. The van der Waals surface area contributed by atoms with E-state index < -0.39 is 11.8 Å². The smallest absolute Gasteiger partial charge is 0.269 e. The number of hydrogen-bond acceptors (Lipinski definition) is 5. The van der Waals surface area contributed by atoms with Gasteiger partial charge in [-0.05, 0) is 23.8 Å². The number of rotatable bonds is 6. The first-order valence-electron chi connectivity index (χ1n) is 7.72. The number of amides is 2. The minimum Gasteiger partial charge on any atom is -0.493 e. The first kappa shape index (κ1) is 18.9. The number of methoxy groups -OCH3 is 3. The average Bonchev–Trinajstić information content (AvgIpc) is 2.69. The molecule has 2 aromatic carbocycles. The Hall–Kier alpha value is -3.48. The van der Waals surface area contributed by atoms with Gasteiger partial charge in [-0.3, -0.25) is 20.4 Å². The van der Waals surface area contributed by atoms with Crippen molar-refractivity contribution in [3.05, 3.63) is 59.7 Å². The summed E-state index contributed by atoms with van der Waals surface area (Å²) >= 11 is 0. The monoisotopic (exact) mass is 356 g/mol. The van der Waals surface area contributed by atoms with Crippen LogP contribution in [0.1, 0.15) is 15.9 Å². The second-order valence-corrected chi connectivity index (χ2v) is 5.10. The molecule has 0 aliphatic rings. The summed E-state index contributed by atoms with van der Waals surface area (Å²) < 4.78 is 15.6. The Balaban J connectivity index is 2.03. The number of ether oxygens (including phenoxy) is 3. The van der Waals surface area contributed by atoms with E-state index in [1.54, 1.807) is 6.08 Å². The van der Waals surface area contributed by atoms with E-state index in [2.05, 4.69) is 10.9 Å². The fraction of sp³-hybridized carbons (Fsp3) is 0.158. The lowest BCUT2D eigenvalue weighted by Crippen LogP contribution is -2.40. The van der Waals surface area contributed by atoms with Crippen LogP contribution >= 0.6 is 0 Å². The van der Waals surface area contributed by atoms with Crippen LogP contribution in [0.3, 0.4) is 0 Å². The van der Waals surface area contributed by atoms with Gasteiger partial charge in [0, 0.05) is 11.6 Å². The third-order valence-corrected chi connectivity index (χ3v) is 3.45. The molecule has 0 aromatic heterocycles. The topological polar surface area (TPSA) is 85.9 Å². The molecule has 0 unspecified atom stereocenters. The van der Waals surface area contributed by atoms with Gasteiger partial charge in [-0.1, -0.05) is 30.3 Å². The van der Waals surface area contributed by atoms with E-state index in [9.17, 15) is 9.59 Å². The molecule has 0 spiro atoms. The zero-order valence-electron chi connectivity index (χ0n) is 14.7. The van der Waals surface area contributed by atoms with Gasteiger partial charge in [0.25, 0.3) is 11.8 Å². The highest BCUT2D eigenvalue weighted by molar-refractivity contribution is 5.98. The van der Waals surface area contributed by atoms with Crippen LogP contribution in [0.15, 0.2) is 48.5 Å². The maximum atomic E-state index is 12.3. The lowest BCUT2D eigenvalue weighted by molar-refractivity contribution is -0.117. The molecule has 2 amide bonds. The number of carbonyl (C=O) groups is 2. The Morgan fingerprint density at radius 3 is 2.04 bits per heavy atom. The van der Waals surface area contributed by atoms with E-state index in [-0.39, 0.29) is 5.56 Å². The van der Waals surface area contributed by atoms with Crippen LogP contribution in [-0.4, -0.2) is 33.1 Å². The molecule has 7 nitrogen and oxygen atoms in total. The molecule has 2 rings (SSSR count). The van der Waals surface area contributed by atoms with Crippen LogP contribution in [0.25, 0.3) is 6.08 Å². The summed E-state index contributed by atoms with van der Waals surface area (Å²) in [5.74, 6) is 0.0707. The standard InChI is InChI=1S/C19H20N2O5/c1-24-15-11-14(12-16(25-2)18(15)26-3)19(23)21-20-17(22)10-9-13-7-5-4-6-8-13/h4-12H,1-3H3,(H,20,22)(H,21,23)/b10-9+. The van der Waals surface area contributed by atoms with Gasteiger partial charge in [-0.2, -0.15) is 0 Å². The molecule has 0 fully saturated rings. The predicted octanol–water partition coefficient (Wildman–Crippen LogP) is 2.19. The largest absolute Gasteiger partial charge is 0.493 e. The fourth-order valence-electron chi connectivity index (χ4n) is 2.18. The molecular weight excluding hydrogens is 336 g/mol. The molecule has 0 aliphatic carbocycles. The zero-order chi connectivity index (χ0) is 18.9. The molecule has 2 aromatic rings. The molecule has 0 radical (unpaired) electrons. The van der Waals surface area contributed by atoms with Crippen molar-refractivity contribution in [2.24, 2.45) is 0 Å². The Morgan fingerprint density at radius 2 is 1.50 bits per heavy atom. The van der Waals surface area contributed by atoms with Crippen LogP contribution in [0.2, 0.25) is 0 Å². The van der Waals surface area contributed by atoms with Gasteiger partial charge < -0.3 is 14.2 Å². The summed E-state index contributed by atoms with van der Waals surface area (Å²) in [5, 5.41) is 0. The van der Waals surface area contributed by atoms with Crippen LogP contribution in [0.4, 0.5) is 0 Å². The molecule has 0 atom stereocenters. The van der Waals surface area contributed by atoms with Crippen molar-refractivity contribution in [2.75, 3.05) is 21.3 Å². The van der Waals surface area contributed by atoms with Crippen molar-refractivity contribution in [1.29, 1.82) is 0 Å². The maximum Gasteiger partial charge on any atom is 0.269 e. The van der Waals surface area contributed by atoms with Crippen molar-refractivity contribution < 1.29 is 23.8 Å². The summed E-state index contributed by atoms with van der Waals surface area (Å²) in [5.41, 5.74) is 5.77. The van der Waals surface area contributed by atoms with Gasteiger partial charge in [-0.25, -0.2) is 0 Å². The average molecular weight is 356 g/mol. The highest BCUT2D eigenvalue weighted by atomic mass is 16.5. The van der Waals surface area contributed by atoms with E-state index >= 15 is 0 Å². The lowest BCUT2D eigenvalue weighted by atomic mass is 10.1. The molecule has 136 valence electrons. The number of carbonyl (C=O) groups excluding carboxylic acids is 2. The molecule has 0 aliphatic heterocycles. The van der Waals surface area contributed by atoms with Gasteiger partial charge in [0.2, 0.25) is 5.75 Å². The quantitative estimate of drug-likeness (QED) is 0.612. The molecule has 0 saturated carbocycles. The van der Waals surface area contributed by atoms with Gasteiger partial charge in [0.15, 0.2) is 11.5 Å². The Morgan fingerprint density at radius 1 is 0.885 bits per heavy atom. The fourth-order valence-corrected chi connectivity index (χ4v) is 2.18. The highest BCUT2D eigenvalue weighted by Gasteiger charge is 2.17. The zero-order valence-corrected chi connectivity index (χ0v) is 14.7. The van der Waals surface area contributed by atoms with Crippen LogP contribution in [0, 0.1) is 0 Å². The summed E-state index contributed by atoms with van der Waals surface area (Å²) in [4.78, 5) is 24.1. The van der Waals surface area contributed by atoms with Crippen molar-refractivity contribution >= 4 is 17.9 Å². The molecule has 26 heavy (non-hydrogen) atoms. The Bertz CT molecular complexity index is 778. The Kier molecular flexibility index (Phi) is 6.61. The summed E-state index contributed by atoms with van der Waals surface area (Å²) in [7, 11) is 4.38. The Labute approximate surface area is 151 Å². The van der Waals surface area contributed by atoms with Crippen LogP contribution in [0.5, 0.6) is 17.2 Å². The van der Waals surface area contributed by atoms with Crippen molar-refractivity contribution in [2.45, 2.75) is 0 Å². The van der Waals surface area contributed by atoms with E-state index in [0.717, 1.165) is 5.56 Å². The van der Waals surface area contributed by atoms with Crippen molar-refractivity contribution in [3.8, 4) is 17.2 Å². The molecule has 2 N–H and O–H groups in total. The molecule has 0 heterocycles. The third-order valence-electron chi connectivity index (χ3n) is 3.45. The third kappa shape index (κ3) is 4.76. The van der Waals surface area contributed by atoms with E-state index in [1.165, 1.54) is 39.5 Å².